The fourth-order valence-electron chi connectivity index (χ4n) is 1.88. The van der Waals surface area contributed by atoms with Crippen molar-refractivity contribution in [2.24, 2.45) is 0 Å². The number of hydrogen-bond donors (Lipinski definition) is 1. The van der Waals surface area contributed by atoms with Crippen molar-refractivity contribution >= 4 is 0 Å². The maximum Gasteiger partial charge on any atom is 0.141 e. The zero-order chi connectivity index (χ0) is 13.5. The fraction of sp³-hybridized carbons (Fsp3) is 0.312. The van der Waals surface area contributed by atoms with Crippen molar-refractivity contribution in [2.75, 3.05) is 6.54 Å². The van der Waals surface area contributed by atoms with Crippen molar-refractivity contribution < 1.29 is 4.74 Å². The second kappa shape index (κ2) is 6.90. The van der Waals surface area contributed by atoms with Crippen LogP contribution in [-0.2, 0) is 13.2 Å². The Balaban J connectivity index is 1.98. The van der Waals surface area contributed by atoms with E-state index in [2.05, 4.69) is 41.5 Å². The molecule has 0 unspecified atom stereocenters. The maximum absolute atomic E-state index is 5.80. The summed E-state index contributed by atoms with van der Waals surface area (Å²) >= 11 is 0. The van der Waals surface area contributed by atoms with Gasteiger partial charge in [0.15, 0.2) is 0 Å². The van der Waals surface area contributed by atoms with Gasteiger partial charge in [-0.3, -0.25) is 4.98 Å². The molecule has 0 amide bonds. The SMILES string of the molecule is CCNCc1cccc(COc2cccnc2C)c1. The van der Waals surface area contributed by atoms with Crippen molar-refractivity contribution in [3.05, 3.63) is 59.4 Å². The first-order valence-corrected chi connectivity index (χ1v) is 6.62. The Hall–Kier alpha value is -1.87. The predicted octanol–water partition coefficient (Wildman–Crippen LogP) is 3.08. The average molecular weight is 256 g/mol. The van der Waals surface area contributed by atoms with Gasteiger partial charge in [-0.05, 0) is 36.7 Å². The normalized spacial score (nSPS) is 10.4. The van der Waals surface area contributed by atoms with Gasteiger partial charge >= 0.3 is 0 Å². The molecule has 0 fully saturated rings. The first-order chi connectivity index (χ1) is 9.29. The number of hydrogen-bond acceptors (Lipinski definition) is 3. The minimum Gasteiger partial charge on any atom is -0.487 e. The van der Waals surface area contributed by atoms with Crippen LogP contribution in [0.5, 0.6) is 5.75 Å². The summed E-state index contributed by atoms with van der Waals surface area (Å²) in [5.41, 5.74) is 3.39. The third-order valence-electron chi connectivity index (χ3n) is 2.92. The topological polar surface area (TPSA) is 34.1 Å². The van der Waals surface area contributed by atoms with Crippen LogP contribution in [0.4, 0.5) is 0 Å². The Labute approximate surface area is 114 Å². The molecular weight excluding hydrogens is 236 g/mol. The Bertz CT molecular complexity index is 526. The molecule has 1 N–H and O–H groups in total. The molecule has 3 heteroatoms. The molecule has 0 atom stereocenters. The highest BCUT2D eigenvalue weighted by Gasteiger charge is 2.01. The number of aryl methyl sites for hydroxylation is 1. The van der Waals surface area contributed by atoms with Crippen LogP contribution in [0.3, 0.4) is 0 Å². The molecule has 2 aromatic rings. The second-order valence-electron chi connectivity index (χ2n) is 4.48. The number of aromatic nitrogens is 1. The van der Waals surface area contributed by atoms with Crippen molar-refractivity contribution in [3.63, 3.8) is 0 Å². The van der Waals surface area contributed by atoms with Crippen LogP contribution in [0.25, 0.3) is 0 Å². The molecule has 0 saturated heterocycles. The molecule has 0 aliphatic rings. The summed E-state index contributed by atoms with van der Waals surface area (Å²) in [4.78, 5) is 4.21. The molecule has 1 aromatic carbocycles. The lowest BCUT2D eigenvalue weighted by molar-refractivity contribution is 0.302. The average Bonchev–Trinajstić information content (AvgIpc) is 2.45. The Morgan fingerprint density at radius 2 is 2.00 bits per heavy atom. The van der Waals surface area contributed by atoms with Crippen molar-refractivity contribution in [1.82, 2.24) is 10.3 Å². The van der Waals surface area contributed by atoms with Gasteiger partial charge in [-0.2, -0.15) is 0 Å². The van der Waals surface area contributed by atoms with Crippen LogP contribution in [0.15, 0.2) is 42.6 Å². The molecule has 19 heavy (non-hydrogen) atoms. The van der Waals surface area contributed by atoms with Gasteiger partial charge in [0.1, 0.15) is 12.4 Å². The van der Waals surface area contributed by atoms with Crippen molar-refractivity contribution in [3.8, 4) is 5.75 Å². The molecule has 1 heterocycles. The number of pyridine rings is 1. The number of nitrogens with one attached hydrogen (secondary N) is 1. The number of benzene rings is 1. The first kappa shape index (κ1) is 13.6. The van der Waals surface area contributed by atoms with E-state index < -0.39 is 0 Å². The highest BCUT2D eigenvalue weighted by molar-refractivity contribution is 5.27. The number of nitrogens with zero attached hydrogens (tertiary/aromatic N) is 1. The molecule has 0 radical (unpaired) electrons. The third-order valence-corrected chi connectivity index (χ3v) is 2.92. The maximum atomic E-state index is 5.80. The van der Waals surface area contributed by atoms with E-state index in [0.29, 0.717) is 6.61 Å². The van der Waals surface area contributed by atoms with Gasteiger partial charge in [0, 0.05) is 12.7 Å². The molecule has 0 spiro atoms. The van der Waals surface area contributed by atoms with E-state index in [1.807, 2.05) is 19.1 Å². The third kappa shape index (κ3) is 4.07. The van der Waals surface area contributed by atoms with E-state index >= 15 is 0 Å². The van der Waals surface area contributed by atoms with Gasteiger partial charge in [-0.25, -0.2) is 0 Å². The lowest BCUT2D eigenvalue weighted by Crippen LogP contribution is -2.11. The molecular formula is C16H20N2O. The Morgan fingerprint density at radius 1 is 1.16 bits per heavy atom. The van der Waals surface area contributed by atoms with Gasteiger partial charge in [0.05, 0.1) is 5.69 Å². The van der Waals surface area contributed by atoms with Gasteiger partial charge < -0.3 is 10.1 Å². The minimum absolute atomic E-state index is 0.576. The lowest BCUT2D eigenvalue weighted by Gasteiger charge is -2.09. The summed E-state index contributed by atoms with van der Waals surface area (Å²) in [6.07, 6.45) is 1.78. The summed E-state index contributed by atoms with van der Waals surface area (Å²) < 4.78 is 5.80. The van der Waals surface area contributed by atoms with Gasteiger partial charge in [0.2, 0.25) is 0 Å². The minimum atomic E-state index is 0.576. The highest BCUT2D eigenvalue weighted by Crippen LogP contribution is 2.16. The van der Waals surface area contributed by atoms with E-state index in [1.54, 1.807) is 6.20 Å². The molecule has 0 aliphatic heterocycles. The quantitative estimate of drug-likeness (QED) is 0.862. The number of ether oxygens (including phenoxy) is 1. The summed E-state index contributed by atoms with van der Waals surface area (Å²) in [7, 11) is 0. The zero-order valence-electron chi connectivity index (χ0n) is 11.5. The van der Waals surface area contributed by atoms with Crippen LogP contribution < -0.4 is 10.1 Å². The van der Waals surface area contributed by atoms with Crippen LogP contribution in [-0.4, -0.2) is 11.5 Å². The van der Waals surface area contributed by atoms with Crippen molar-refractivity contribution in [2.45, 2.75) is 27.0 Å². The molecule has 100 valence electrons. The fourth-order valence-corrected chi connectivity index (χ4v) is 1.88. The monoisotopic (exact) mass is 256 g/mol. The molecule has 2 rings (SSSR count). The summed E-state index contributed by atoms with van der Waals surface area (Å²) in [6.45, 7) is 6.52. The first-order valence-electron chi connectivity index (χ1n) is 6.62. The van der Waals surface area contributed by atoms with E-state index in [4.69, 9.17) is 4.74 Å². The van der Waals surface area contributed by atoms with Crippen LogP contribution in [0, 0.1) is 6.92 Å². The standard InChI is InChI=1S/C16H20N2O/c1-3-17-11-14-6-4-7-15(10-14)12-19-16-8-5-9-18-13(16)2/h4-10,17H,3,11-12H2,1-2H3. The van der Waals surface area contributed by atoms with E-state index in [-0.39, 0.29) is 0 Å². The van der Waals surface area contributed by atoms with E-state index in [1.165, 1.54) is 11.1 Å². The van der Waals surface area contributed by atoms with E-state index in [9.17, 15) is 0 Å². The van der Waals surface area contributed by atoms with Crippen molar-refractivity contribution in [1.29, 1.82) is 0 Å². The Morgan fingerprint density at radius 3 is 2.79 bits per heavy atom. The smallest absolute Gasteiger partial charge is 0.141 e. The summed E-state index contributed by atoms with van der Waals surface area (Å²) in [5.74, 6) is 0.847. The van der Waals surface area contributed by atoms with Crippen LogP contribution in [0.2, 0.25) is 0 Å². The molecule has 1 aromatic heterocycles. The molecule has 0 bridgehead atoms. The van der Waals surface area contributed by atoms with Gasteiger partial charge in [-0.15, -0.1) is 0 Å². The van der Waals surface area contributed by atoms with Crippen LogP contribution in [0.1, 0.15) is 23.7 Å². The van der Waals surface area contributed by atoms with Gasteiger partial charge in [0.25, 0.3) is 0 Å². The van der Waals surface area contributed by atoms with E-state index in [0.717, 1.165) is 24.5 Å². The summed E-state index contributed by atoms with van der Waals surface area (Å²) in [6, 6.07) is 12.3. The predicted molar refractivity (Wildman–Crippen MR) is 77.1 cm³/mol. The van der Waals surface area contributed by atoms with Crippen LogP contribution >= 0.6 is 0 Å². The zero-order valence-corrected chi connectivity index (χ0v) is 11.5. The summed E-state index contributed by atoms with van der Waals surface area (Å²) in [5, 5.41) is 3.32. The largest absolute Gasteiger partial charge is 0.487 e. The molecule has 0 saturated carbocycles. The lowest BCUT2D eigenvalue weighted by atomic mass is 10.1. The second-order valence-corrected chi connectivity index (χ2v) is 4.48. The number of rotatable bonds is 6. The van der Waals surface area contributed by atoms with Gasteiger partial charge in [-0.1, -0.05) is 31.2 Å². The Kier molecular flexibility index (Phi) is 4.93. The highest BCUT2D eigenvalue weighted by atomic mass is 16.5. The molecule has 0 aliphatic carbocycles. The molecule has 3 nitrogen and oxygen atoms in total.